The van der Waals surface area contributed by atoms with Gasteiger partial charge in [0.25, 0.3) is 0 Å². The first-order valence-corrected chi connectivity index (χ1v) is 4.58. The monoisotopic (exact) mass is 219 g/mol. The lowest BCUT2D eigenvalue weighted by atomic mass is 9.96. The lowest BCUT2D eigenvalue weighted by molar-refractivity contribution is -0.140. The fourth-order valence-corrected chi connectivity index (χ4v) is 1.55. The van der Waals surface area contributed by atoms with Crippen molar-refractivity contribution in [3.8, 4) is 0 Å². The number of hydrogen-bond donors (Lipinski definition) is 1. The zero-order chi connectivity index (χ0) is 11.1. The second kappa shape index (κ2) is 3.48. The van der Waals surface area contributed by atoms with Crippen LogP contribution >= 0.6 is 0 Å². The summed E-state index contributed by atoms with van der Waals surface area (Å²) in [6.45, 7) is 0.795. The highest BCUT2D eigenvalue weighted by Gasteiger charge is 2.35. The molecule has 0 amide bonds. The van der Waals surface area contributed by atoms with Gasteiger partial charge in [-0.15, -0.1) is 0 Å². The van der Waals surface area contributed by atoms with Crippen LogP contribution < -0.4 is 5.32 Å². The van der Waals surface area contributed by atoms with Gasteiger partial charge in [-0.25, -0.2) is 4.39 Å². The molecule has 82 valence electrons. The van der Waals surface area contributed by atoms with E-state index in [4.69, 9.17) is 0 Å². The van der Waals surface area contributed by atoms with Crippen LogP contribution in [0, 0.1) is 5.82 Å². The average Bonchev–Trinajstić information content (AvgIpc) is 2.03. The van der Waals surface area contributed by atoms with Gasteiger partial charge < -0.3 is 5.32 Å². The summed E-state index contributed by atoms with van der Waals surface area (Å²) >= 11 is 0. The van der Waals surface area contributed by atoms with Crippen molar-refractivity contribution in [3.05, 3.63) is 35.1 Å². The minimum absolute atomic E-state index is 0.0632. The molecule has 1 N–H and O–H groups in total. The van der Waals surface area contributed by atoms with E-state index in [1.165, 1.54) is 6.07 Å². The standard InChI is InChI=1S/C10H9F4N/c11-8-2-1-6(9-3-4-15-9)5-7(8)10(12,13)14/h1-2,5,9,15H,3-4H2. The van der Waals surface area contributed by atoms with Crippen molar-refractivity contribution in [1.82, 2.24) is 5.32 Å². The maximum absolute atomic E-state index is 12.9. The molecule has 1 saturated heterocycles. The van der Waals surface area contributed by atoms with E-state index in [0.717, 1.165) is 25.1 Å². The Morgan fingerprint density at radius 1 is 1.27 bits per heavy atom. The molecule has 1 unspecified atom stereocenters. The minimum Gasteiger partial charge on any atom is -0.310 e. The Balaban J connectivity index is 2.36. The molecule has 5 heteroatoms. The molecule has 1 fully saturated rings. The normalized spacial score (nSPS) is 21.2. The van der Waals surface area contributed by atoms with Gasteiger partial charge in [0, 0.05) is 6.04 Å². The number of rotatable bonds is 1. The van der Waals surface area contributed by atoms with Crippen molar-refractivity contribution in [2.45, 2.75) is 18.6 Å². The van der Waals surface area contributed by atoms with Crippen LogP contribution in [0.4, 0.5) is 17.6 Å². The SMILES string of the molecule is Fc1ccc(C2CCN2)cc1C(F)(F)F. The molecule has 1 aromatic rings. The van der Waals surface area contributed by atoms with Gasteiger partial charge in [0.1, 0.15) is 5.82 Å². The van der Waals surface area contributed by atoms with Crippen molar-refractivity contribution in [1.29, 1.82) is 0 Å². The topological polar surface area (TPSA) is 12.0 Å². The van der Waals surface area contributed by atoms with Crippen molar-refractivity contribution in [2.75, 3.05) is 6.54 Å². The van der Waals surface area contributed by atoms with Crippen molar-refractivity contribution in [3.63, 3.8) is 0 Å². The number of benzene rings is 1. The summed E-state index contributed by atoms with van der Waals surface area (Å²) in [4.78, 5) is 0. The highest BCUT2D eigenvalue weighted by Crippen LogP contribution is 2.34. The van der Waals surface area contributed by atoms with Gasteiger partial charge in [-0.3, -0.25) is 0 Å². The average molecular weight is 219 g/mol. The van der Waals surface area contributed by atoms with Crippen LogP contribution in [0.5, 0.6) is 0 Å². The van der Waals surface area contributed by atoms with E-state index in [1.54, 1.807) is 0 Å². The first-order chi connectivity index (χ1) is 6.98. The van der Waals surface area contributed by atoms with Gasteiger partial charge in [0.15, 0.2) is 0 Å². The predicted octanol–water partition coefficient (Wildman–Crippen LogP) is 2.88. The maximum atomic E-state index is 12.9. The van der Waals surface area contributed by atoms with Crippen LogP contribution in [0.15, 0.2) is 18.2 Å². The highest BCUT2D eigenvalue weighted by atomic mass is 19.4. The molecule has 0 aliphatic carbocycles. The van der Waals surface area contributed by atoms with E-state index in [1.807, 2.05) is 0 Å². The van der Waals surface area contributed by atoms with Crippen LogP contribution in [0.25, 0.3) is 0 Å². The summed E-state index contributed by atoms with van der Waals surface area (Å²) in [5.74, 6) is -1.22. The molecule has 0 aromatic heterocycles. The van der Waals surface area contributed by atoms with Gasteiger partial charge in [0.2, 0.25) is 0 Å². The van der Waals surface area contributed by atoms with Gasteiger partial charge in [0.05, 0.1) is 5.56 Å². The molecule has 15 heavy (non-hydrogen) atoms. The summed E-state index contributed by atoms with van der Waals surface area (Å²) in [7, 11) is 0. The van der Waals surface area contributed by atoms with Crippen molar-refractivity contribution >= 4 is 0 Å². The van der Waals surface area contributed by atoms with E-state index in [2.05, 4.69) is 5.32 Å². The quantitative estimate of drug-likeness (QED) is 0.716. The smallest absolute Gasteiger partial charge is 0.310 e. The predicted molar refractivity (Wildman–Crippen MR) is 46.8 cm³/mol. The Labute approximate surface area is 84.1 Å². The molecule has 0 spiro atoms. The second-order valence-corrected chi connectivity index (χ2v) is 3.53. The largest absolute Gasteiger partial charge is 0.419 e. The number of halogens is 4. The van der Waals surface area contributed by atoms with Crippen LogP contribution in [-0.4, -0.2) is 6.54 Å². The maximum Gasteiger partial charge on any atom is 0.419 e. The number of alkyl halides is 3. The molecule has 1 heterocycles. The third-order valence-corrected chi connectivity index (χ3v) is 2.52. The fourth-order valence-electron chi connectivity index (χ4n) is 1.55. The molecule has 0 bridgehead atoms. The van der Waals surface area contributed by atoms with Gasteiger partial charge in [-0.1, -0.05) is 6.07 Å². The van der Waals surface area contributed by atoms with E-state index >= 15 is 0 Å². The molecule has 1 aromatic carbocycles. The summed E-state index contributed by atoms with van der Waals surface area (Å²) in [6.07, 6.45) is -3.83. The Kier molecular flexibility index (Phi) is 2.42. The Morgan fingerprint density at radius 3 is 2.40 bits per heavy atom. The van der Waals surface area contributed by atoms with Crippen LogP contribution in [0.2, 0.25) is 0 Å². The third kappa shape index (κ3) is 1.97. The summed E-state index contributed by atoms with van der Waals surface area (Å²) in [6, 6.07) is 3.08. The zero-order valence-electron chi connectivity index (χ0n) is 7.74. The zero-order valence-corrected chi connectivity index (χ0v) is 7.74. The minimum atomic E-state index is -4.62. The first-order valence-electron chi connectivity index (χ1n) is 4.58. The van der Waals surface area contributed by atoms with Gasteiger partial charge >= 0.3 is 6.18 Å². The van der Waals surface area contributed by atoms with Crippen molar-refractivity contribution < 1.29 is 17.6 Å². The third-order valence-electron chi connectivity index (χ3n) is 2.52. The van der Waals surface area contributed by atoms with Gasteiger partial charge in [-0.05, 0) is 30.7 Å². The van der Waals surface area contributed by atoms with E-state index in [-0.39, 0.29) is 6.04 Å². The molecule has 1 aliphatic heterocycles. The Hall–Kier alpha value is -1.10. The van der Waals surface area contributed by atoms with E-state index < -0.39 is 17.6 Å². The molecular formula is C10H9F4N. The molecule has 1 nitrogen and oxygen atoms in total. The number of nitrogens with one attached hydrogen (secondary N) is 1. The highest BCUT2D eigenvalue weighted by molar-refractivity contribution is 5.30. The molecular weight excluding hydrogens is 210 g/mol. The lowest BCUT2D eigenvalue weighted by Gasteiger charge is -2.28. The fraction of sp³-hybridized carbons (Fsp3) is 0.400. The Bertz CT molecular complexity index is 368. The molecule has 1 atom stereocenters. The first kappa shape index (κ1) is 10.4. The second-order valence-electron chi connectivity index (χ2n) is 3.53. The molecule has 0 saturated carbocycles. The van der Waals surface area contributed by atoms with Crippen LogP contribution in [0.1, 0.15) is 23.6 Å². The van der Waals surface area contributed by atoms with Gasteiger partial charge in [-0.2, -0.15) is 13.2 Å². The Morgan fingerprint density at radius 2 is 1.93 bits per heavy atom. The summed E-state index contributed by atoms with van der Waals surface area (Å²) < 4.78 is 50.0. The lowest BCUT2D eigenvalue weighted by Crippen LogP contribution is -2.35. The van der Waals surface area contributed by atoms with Crippen LogP contribution in [0.3, 0.4) is 0 Å². The molecule has 2 rings (SSSR count). The van der Waals surface area contributed by atoms with Crippen LogP contribution in [-0.2, 0) is 6.18 Å². The molecule has 0 radical (unpaired) electrons. The van der Waals surface area contributed by atoms with E-state index in [9.17, 15) is 17.6 Å². The summed E-state index contributed by atoms with van der Waals surface area (Å²) in [5, 5.41) is 2.97. The molecule has 1 aliphatic rings. The number of hydrogen-bond acceptors (Lipinski definition) is 1. The van der Waals surface area contributed by atoms with Crippen molar-refractivity contribution in [2.24, 2.45) is 0 Å². The van der Waals surface area contributed by atoms with E-state index in [0.29, 0.717) is 5.56 Å². The summed E-state index contributed by atoms with van der Waals surface area (Å²) in [5.41, 5.74) is -0.691.